The Morgan fingerprint density at radius 2 is 2.25 bits per heavy atom. The molecule has 1 N–H and O–H groups in total. The van der Waals surface area contributed by atoms with Crippen molar-refractivity contribution in [3.05, 3.63) is 0 Å². The van der Waals surface area contributed by atoms with Gasteiger partial charge in [-0.15, -0.1) is 0 Å². The highest BCUT2D eigenvalue weighted by molar-refractivity contribution is 5.78. The van der Waals surface area contributed by atoms with E-state index >= 15 is 0 Å². The Morgan fingerprint density at radius 1 is 1.50 bits per heavy atom. The van der Waals surface area contributed by atoms with Crippen LogP contribution in [0.3, 0.4) is 0 Å². The number of nitrogens with zero attached hydrogens (tertiary/aromatic N) is 1. The van der Waals surface area contributed by atoms with E-state index in [1.807, 2.05) is 0 Å². The first-order valence-corrected chi connectivity index (χ1v) is 6.53. The lowest BCUT2D eigenvalue weighted by molar-refractivity contribution is -0.134. The van der Waals surface area contributed by atoms with E-state index < -0.39 is 0 Å². The Labute approximate surface area is 98.6 Å². The van der Waals surface area contributed by atoms with Crippen molar-refractivity contribution in [3.8, 4) is 0 Å². The van der Waals surface area contributed by atoms with Gasteiger partial charge in [0.2, 0.25) is 5.91 Å². The largest absolute Gasteiger partial charge is 0.337 e. The van der Waals surface area contributed by atoms with E-state index in [1.54, 1.807) is 0 Å². The highest BCUT2D eigenvalue weighted by atomic mass is 16.2. The first-order valence-electron chi connectivity index (χ1n) is 6.53. The van der Waals surface area contributed by atoms with Crippen LogP contribution in [-0.4, -0.2) is 35.5 Å². The van der Waals surface area contributed by atoms with Crippen molar-refractivity contribution in [2.24, 2.45) is 5.92 Å². The summed E-state index contributed by atoms with van der Waals surface area (Å²) in [5.74, 6) is 0.990. The number of carbonyl (C=O) groups is 1. The van der Waals surface area contributed by atoms with Gasteiger partial charge in [0, 0.05) is 24.5 Å². The zero-order valence-electron chi connectivity index (χ0n) is 10.8. The molecule has 2 unspecified atom stereocenters. The lowest BCUT2D eigenvalue weighted by Crippen LogP contribution is -2.44. The molecular formula is C13H24N2O. The second-order valence-electron chi connectivity index (χ2n) is 6.12. The van der Waals surface area contributed by atoms with Crippen LogP contribution in [0.2, 0.25) is 0 Å². The van der Waals surface area contributed by atoms with Crippen LogP contribution in [0.5, 0.6) is 0 Å². The zero-order valence-corrected chi connectivity index (χ0v) is 10.8. The Bertz CT molecular complexity index is 269. The Kier molecular flexibility index (Phi) is 3.24. The average molecular weight is 224 g/mol. The monoisotopic (exact) mass is 224 g/mol. The van der Waals surface area contributed by atoms with Crippen molar-refractivity contribution in [1.82, 2.24) is 10.2 Å². The van der Waals surface area contributed by atoms with Gasteiger partial charge in [0.1, 0.15) is 0 Å². The predicted octanol–water partition coefficient (Wildman–Crippen LogP) is 1.78. The van der Waals surface area contributed by atoms with Crippen molar-refractivity contribution in [1.29, 1.82) is 0 Å². The van der Waals surface area contributed by atoms with Crippen LogP contribution in [0.25, 0.3) is 0 Å². The van der Waals surface area contributed by atoms with E-state index in [-0.39, 0.29) is 5.54 Å². The zero-order chi connectivity index (χ0) is 11.8. The van der Waals surface area contributed by atoms with Gasteiger partial charge in [-0.3, -0.25) is 4.79 Å². The number of rotatable bonds is 2. The Hall–Kier alpha value is -0.570. The molecule has 2 rings (SSSR count). The van der Waals surface area contributed by atoms with Gasteiger partial charge >= 0.3 is 0 Å². The number of amides is 1. The fourth-order valence-corrected chi connectivity index (χ4v) is 3.28. The minimum absolute atomic E-state index is 0.0646. The summed E-state index contributed by atoms with van der Waals surface area (Å²) in [7, 11) is 0. The Morgan fingerprint density at radius 3 is 2.75 bits per heavy atom. The van der Waals surface area contributed by atoms with Gasteiger partial charge in [-0.25, -0.2) is 0 Å². The van der Waals surface area contributed by atoms with Crippen LogP contribution < -0.4 is 5.32 Å². The molecule has 2 heterocycles. The van der Waals surface area contributed by atoms with E-state index in [1.165, 1.54) is 6.42 Å². The first kappa shape index (κ1) is 11.9. The van der Waals surface area contributed by atoms with Crippen molar-refractivity contribution in [3.63, 3.8) is 0 Å². The molecule has 0 spiro atoms. The number of hydrogen-bond donors (Lipinski definition) is 1. The standard InChI is InChI=1S/C13H24N2O/c1-10-8-13(2,3)15(9-10)12(16)7-11-5-4-6-14-11/h10-11,14H,4-9H2,1-3H3. The molecule has 0 radical (unpaired) electrons. The maximum absolute atomic E-state index is 12.2. The first-order chi connectivity index (χ1) is 7.49. The van der Waals surface area contributed by atoms with Crippen LogP contribution in [0.4, 0.5) is 0 Å². The predicted molar refractivity (Wildman–Crippen MR) is 65.2 cm³/mol. The highest BCUT2D eigenvalue weighted by Gasteiger charge is 2.39. The van der Waals surface area contributed by atoms with Gasteiger partial charge in [0.05, 0.1) is 0 Å². The quantitative estimate of drug-likeness (QED) is 0.775. The maximum Gasteiger partial charge on any atom is 0.224 e. The van der Waals surface area contributed by atoms with E-state index in [9.17, 15) is 4.79 Å². The van der Waals surface area contributed by atoms with E-state index in [0.29, 0.717) is 24.3 Å². The summed E-state index contributed by atoms with van der Waals surface area (Å²) >= 11 is 0. The molecule has 0 aliphatic carbocycles. The molecule has 0 bridgehead atoms. The summed E-state index contributed by atoms with van der Waals surface area (Å²) in [6.07, 6.45) is 4.21. The summed E-state index contributed by atoms with van der Waals surface area (Å²) in [6, 6.07) is 0.430. The van der Waals surface area contributed by atoms with Crippen molar-refractivity contribution < 1.29 is 4.79 Å². The molecule has 0 aromatic heterocycles. The molecule has 16 heavy (non-hydrogen) atoms. The Balaban J connectivity index is 1.93. The molecule has 2 aliphatic heterocycles. The molecule has 2 aliphatic rings. The van der Waals surface area contributed by atoms with Crippen molar-refractivity contribution >= 4 is 5.91 Å². The van der Waals surface area contributed by atoms with E-state index in [4.69, 9.17) is 0 Å². The van der Waals surface area contributed by atoms with E-state index in [0.717, 1.165) is 25.9 Å². The molecule has 0 aromatic carbocycles. The molecule has 2 atom stereocenters. The second-order valence-corrected chi connectivity index (χ2v) is 6.12. The van der Waals surface area contributed by atoms with Crippen molar-refractivity contribution in [2.75, 3.05) is 13.1 Å². The minimum Gasteiger partial charge on any atom is -0.337 e. The molecule has 2 saturated heterocycles. The summed E-state index contributed by atoms with van der Waals surface area (Å²) < 4.78 is 0. The van der Waals surface area contributed by atoms with Gasteiger partial charge in [-0.05, 0) is 45.6 Å². The molecule has 3 nitrogen and oxygen atoms in total. The van der Waals surface area contributed by atoms with Gasteiger partial charge in [-0.1, -0.05) is 6.92 Å². The third kappa shape index (κ3) is 2.40. The minimum atomic E-state index is 0.0646. The third-order valence-electron chi connectivity index (χ3n) is 3.96. The topological polar surface area (TPSA) is 32.3 Å². The average Bonchev–Trinajstić information content (AvgIpc) is 2.73. The lowest BCUT2D eigenvalue weighted by Gasteiger charge is -2.32. The van der Waals surface area contributed by atoms with Crippen molar-refractivity contribution in [2.45, 2.75) is 58.0 Å². The number of carbonyl (C=O) groups excluding carboxylic acids is 1. The molecule has 0 aromatic rings. The fourth-order valence-electron chi connectivity index (χ4n) is 3.28. The van der Waals surface area contributed by atoms with Crippen LogP contribution in [-0.2, 0) is 4.79 Å². The number of likely N-dealkylation sites (tertiary alicyclic amines) is 1. The van der Waals surface area contributed by atoms with Gasteiger partial charge in [0.25, 0.3) is 0 Å². The number of nitrogens with one attached hydrogen (secondary N) is 1. The molecule has 1 amide bonds. The second kappa shape index (κ2) is 4.36. The highest BCUT2D eigenvalue weighted by Crippen LogP contribution is 2.33. The van der Waals surface area contributed by atoms with Gasteiger partial charge in [0.15, 0.2) is 0 Å². The normalized spacial score (nSPS) is 33.3. The molecule has 0 saturated carbocycles. The lowest BCUT2D eigenvalue weighted by atomic mass is 9.97. The number of hydrogen-bond acceptors (Lipinski definition) is 2. The fraction of sp³-hybridized carbons (Fsp3) is 0.923. The van der Waals surface area contributed by atoms with E-state index in [2.05, 4.69) is 31.0 Å². The SMILES string of the molecule is CC1CN(C(=O)CC2CCCN2)C(C)(C)C1. The van der Waals surface area contributed by atoms with Gasteiger partial charge < -0.3 is 10.2 Å². The van der Waals surface area contributed by atoms with Gasteiger partial charge in [-0.2, -0.15) is 0 Å². The summed E-state index contributed by atoms with van der Waals surface area (Å²) in [6.45, 7) is 8.64. The third-order valence-corrected chi connectivity index (χ3v) is 3.96. The summed E-state index contributed by atoms with van der Waals surface area (Å²) in [5.41, 5.74) is 0.0646. The van der Waals surface area contributed by atoms with Crippen LogP contribution >= 0.6 is 0 Å². The van der Waals surface area contributed by atoms with Crippen LogP contribution in [0.1, 0.15) is 46.5 Å². The molecular weight excluding hydrogens is 200 g/mol. The maximum atomic E-state index is 12.2. The van der Waals surface area contributed by atoms with Crippen LogP contribution in [0, 0.1) is 5.92 Å². The molecule has 92 valence electrons. The summed E-state index contributed by atoms with van der Waals surface area (Å²) in [5, 5.41) is 3.40. The molecule has 2 fully saturated rings. The molecule has 3 heteroatoms. The van der Waals surface area contributed by atoms with Crippen LogP contribution in [0.15, 0.2) is 0 Å². The smallest absolute Gasteiger partial charge is 0.224 e. The summed E-state index contributed by atoms with van der Waals surface area (Å²) in [4.78, 5) is 14.3.